The van der Waals surface area contributed by atoms with Gasteiger partial charge in [-0.15, -0.1) is 0 Å². The molecule has 0 saturated carbocycles. The minimum atomic E-state index is -1.57. The van der Waals surface area contributed by atoms with Crippen LogP contribution in [0.15, 0.2) is 24.2 Å². The number of ether oxygens (including phenoxy) is 1. The van der Waals surface area contributed by atoms with E-state index in [9.17, 15) is 0 Å². The van der Waals surface area contributed by atoms with Gasteiger partial charge in [-0.25, -0.2) is 0 Å². The average molecular weight is 285 g/mol. The van der Waals surface area contributed by atoms with Crippen LogP contribution in [0.25, 0.3) is 0 Å². The maximum Gasteiger partial charge on any atom is 0.242 e. The van der Waals surface area contributed by atoms with Gasteiger partial charge < -0.3 is 9.16 Å². The molecule has 0 aromatic rings. The van der Waals surface area contributed by atoms with Gasteiger partial charge in [0.2, 0.25) is 8.32 Å². The molecule has 0 N–H and O–H groups in total. The fourth-order valence-corrected chi connectivity index (χ4v) is 2.81. The second-order valence-electron chi connectivity index (χ2n) is 6.03. The van der Waals surface area contributed by atoms with E-state index < -0.39 is 8.32 Å². The van der Waals surface area contributed by atoms with E-state index in [1.54, 1.807) is 13.4 Å². The normalized spacial score (nSPS) is 12.4. The van der Waals surface area contributed by atoms with E-state index in [4.69, 9.17) is 9.16 Å². The molecule has 0 saturated heterocycles. The molecule has 0 bridgehead atoms. The monoisotopic (exact) mass is 284 g/mol. The van der Waals surface area contributed by atoms with Gasteiger partial charge in [0.25, 0.3) is 0 Å². The van der Waals surface area contributed by atoms with Crippen LogP contribution < -0.4 is 0 Å². The van der Waals surface area contributed by atoms with Crippen LogP contribution in [-0.2, 0) is 9.16 Å². The molecule has 0 amide bonds. The number of hydrogen-bond donors (Lipinski definition) is 0. The molecule has 19 heavy (non-hydrogen) atoms. The number of methoxy groups -OCH3 is 1. The van der Waals surface area contributed by atoms with Gasteiger partial charge in [-0.3, -0.25) is 0 Å². The lowest BCUT2D eigenvalue weighted by atomic mass is 10.1. The van der Waals surface area contributed by atoms with Gasteiger partial charge in [-0.1, -0.05) is 45.6 Å². The fourth-order valence-electron chi connectivity index (χ4n) is 1.94. The van der Waals surface area contributed by atoms with Gasteiger partial charge in [0.05, 0.1) is 13.4 Å². The lowest BCUT2D eigenvalue weighted by Gasteiger charge is -2.22. The van der Waals surface area contributed by atoms with Crippen LogP contribution in [0.3, 0.4) is 0 Å². The first-order chi connectivity index (χ1) is 8.90. The van der Waals surface area contributed by atoms with Crippen LogP contribution in [0, 0.1) is 0 Å². The molecule has 0 aromatic heterocycles. The highest BCUT2D eigenvalue weighted by molar-refractivity contribution is 6.70. The summed E-state index contributed by atoms with van der Waals surface area (Å²) in [5.41, 5.74) is 1.11. The van der Waals surface area contributed by atoms with Gasteiger partial charge in [0, 0.05) is 5.57 Å². The minimum absolute atomic E-state index is 0.801. The summed E-state index contributed by atoms with van der Waals surface area (Å²) in [5.74, 6) is 0.801. The molecule has 0 atom stereocenters. The molecule has 0 aliphatic carbocycles. The predicted molar refractivity (Wildman–Crippen MR) is 86.7 cm³/mol. The van der Waals surface area contributed by atoms with Crippen molar-refractivity contribution in [3.05, 3.63) is 24.2 Å². The van der Waals surface area contributed by atoms with E-state index in [2.05, 4.69) is 33.1 Å². The Balaban J connectivity index is 4.06. The van der Waals surface area contributed by atoms with E-state index in [1.807, 2.05) is 0 Å². The summed E-state index contributed by atoms with van der Waals surface area (Å²) in [6.45, 7) is 12.8. The predicted octanol–water partition coefficient (Wildman–Crippen LogP) is 5.63. The summed E-state index contributed by atoms with van der Waals surface area (Å²) < 4.78 is 11.1. The highest BCUT2D eigenvalue weighted by atomic mass is 28.4. The number of allylic oxidation sites excluding steroid dienone is 1. The second kappa shape index (κ2) is 10.1. The SMILES string of the molecule is C=C(O[Si](C)(C)C)C(=COC)CCCCCCCC. The lowest BCUT2D eigenvalue weighted by molar-refractivity contribution is 0.326. The van der Waals surface area contributed by atoms with Crippen molar-refractivity contribution in [3.63, 3.8) is 0 Å². The lowest BCUT2D eigenvalue weighted by Crippen LogP contribution is -2.25. The molecule has 0 rings (SSSR count). The van der Waals surface area contributed by atoms with Crippen molar-refractivity contribution in [3.8, 4) is 0 Å². The van der Waals surface area contributed by atoms with Crippen molar-refractivity contribution in [1.29, 1.82) is 0 Å². The highest BCUT2D eigenvalue weighted by Gasteiger charge is 2.18. The summed E-state index contributed by atoms with van der Waals surface area (Å²) >= 11 is 0. The average Bonchev–Trinajstić information content (AvgIpc) is 2.30. The Morgan fingerprint density at radius 2 is 1.63 bits per heavy atom. The molecule has 0 aliphatic rings. The maximum absolute atomic E-state index is 5.94. The van der Waals surface area contributed by atoms with Gasteiger partial charge in [0.1, 0.15) is 5.76 Å². The smallest absolute Gasteiger partial charge is 0.242 e. The van der Waals surface area contributed by atoms with E-state index in [0.717, 1.165) is 17.8 Å². The van der Waals surface area contributed by atoms with Crippen LogP contribution in [-0.4, -0.2) is 15.4 Å². The number of hydrogen-bond acceptors (Lipinski definition) is 2. The Morgan fingerprint density at radius 1 is 1.05 bits per heavy atom. The molecule has 0 aliphatic heterocycles. The molecule has 0 radical (unpaired) electrons. The third-order valence-electron chi connectivity index (χ3n) is 2.85. The van der Waals surface area contributed by atoms with Crippen molar-refractivity contribution in [2.24, 2.45) is 0 Å². The first-order valence-corrected chi connectivity index (χ1v) is 10.9. The summed E-state index contributed by atoms with van der Waals surface area (Å²) in [5, 5.41) is 0. The topological polar surface area (TPSA) is 18.5 Å². The van der Waals surface area contributed by atoms with Crippen molar-refractivity contribution >= 4 is 8.32 Å². The molecule has 3 heteroatoms. The number of rotatable bonds is 11. The zero-order valence-corrected chi connectivity index (χ0v) is 14.6. The molecular weight excluding hydrogens is 252 g/mol. The minimum Gasteiger partial charge on any atom is -0.544 e. The van der Waals surface area contributed by atoms with Gasteiger partial charge in [-0.2, -0.15) is 0 Å². The molecule has 0 spiro atoms. The maximum atomic E-state index is 5.94. The van der Waals surface area contributed by atoms with Crippen molar-refractivity contribution in [2.45, 2.75) is 71.5 Å². The van der Waals surface area contributed by atoms with Crippen LogP contribution in [0.2, 0.25) is 19.6 Å². The molecule has 112 valence electrons. The largest absolute Gasteiger partial charge is 0.544 e. The molecule has 0 fully saturated rings. The van der Waals surface area contributed by atoms with Crippen LogP contribution in [0.5, 0.6) is 0 Å². The van der Waals surface area contributed by atoms with Crippen LogP contribution in [0.4, 0.5) is 0 Å². The van der Waals surface area contributed by atoms with Gasteiger partial charge in [0.15, 0.2) is 0 Å². The molecule has 0 aromatic carbocycles. The van der Waals surface area contributed by atoms with E-state index in [-0.39, 0.29) is 0 Å². The van der Waals surface area contributed by atoms with Crippen molar-refractivity contribution < 1.29 is 9.16 Å². The standard InChI is InChI=1S/C16H32O2Si/c1-7-8-9-10-11-12-13-16(14-17-3)15(2)18-19(4,5)6/h14H,2,7-13H2,1,3-6H3. The second-order valence-corrected chi connectivity index (χ2v) is 10.5. The fraction of sp³-hybridized carbons (Fsp3) is 0.750. The van der Waals surface area contributed by atoms with E-state index in [1.165, 1.54) is 38.5 Å². The molecule has 2 nitrogen and oxygen atoms in total. The van der Waals surface area contributed by atoms with Crippen molar-refractivity contribution in [1.82, 2.24) is 0 Å². The summed E-state index contributed by atoms with van der Waals surface area (Å²) in [6, 6.07) is 0. The molecule has 0 heterocycles. The summed E-state index contributed by atoms with van der Waals surface area (Å²) in [4.78, 5) is 0. The van der Waals surface area contributed by atoms with Crippen LogP contribution in [0.1, 0.15) is 51.9 Å². The van der Waals surface area contributed by atoms with Gasteiger partial charge >= 0.3 is 0 Å². The Labute approximate surface area is 121 Å². The molecular formula is C16H32O2Si. The van der Waals surface area contributed by atoms with Gasteiger partial charge in [-0.05, 0) is 32.5 Å². The Kier molecular flexibility index (Phi) is 9.75. The van der Waals surface area contributed by atoms with E-state index >= 15 is 0 Å². The number of unbranched alkanes of at least 4 members (excludes halogenated alkanes) is 5. The Hall–Kier alpha value is -0.703. The highest BCUT2D eigenvalue weighted by Crippen LogP contribution is 2.22. The Bertz CT molecular complexity index is 277. The quantitative estimate of drug-likeness (QED) is 0.212. The van der Waals surface area contributed by atoms with Crippen LogP contribution >= 0.6 is 0 Å². The first kappa shape index (κ1) is 18.3. The third-order valence-corrected chi connectivity index (χ3v) is 3.71. The summed E-state index contributed by atoms with van der Waals surface area (Å²) in [7, 11) is 0.110. The zero-order chi connectivity index (χ0) is 14.7. The Morgan fingerprint density at radius 3 is 2.16 bits per heavy atom. The zero-order valence-electron chi connectivity index (χ0n) is 13.6. The van der Waals surface area contributed by atoms with E-state index in [0.29, 0.717) is 0 Å². The summed E-state index contributed by atoms with van der Waals surface area (Å²) in [6.07, 6.45) is 10.6. The van der Waals surface area contributed by atoms with Crippen molar-refractivity contribution in [2.75, 3.05) is 7.11 Å². The molecule has 0 unspecified atom stereocenters. The first-order valence-electron chi connectivity index (χ1n) is 7.51. The third kappa shape index (κ3) is 10.9.